The van der Waals surface area contributed by atoms with E-state index in [1.54, 1.807) is 0 Å². The molecule has 2 rings (SSSR count). The van der Waals surface area contributed by atoms with Crippen molar-refractivity contribution >= 4 is 17.5 Å². The monoisotopic (exact) mass is 287 g/mol. The molecule has 1 amide bonds. The van der Waals surface area contributed by atoms with Gasteiger partial charge in [0.2, 0.25) is 0 Å². The van der Waals surface area contributed by atoms with Crippen LogP contribution in [0.25, 0.3) is 0 Å². The molecule has 0 radical (unpaired) electrons. The highest BCUT2D eigenvalue weighted by Gasteiger charge is 2.06. The Hall–Kier alpha value is -2.43. The fourth-order valence-corrected chi connectivity index (χ4v) is 2.19. The summed E-state index contributed by atoms with van der Waals surface area (Å²) < 4.78 is 6.75. The van der Waals surface area contributed by atoms with E-state index in [0.717, 1.165) is 12.2 Å². The van der Waals surface area contributed by atoms with Crippen molar-refractivity contribution in [3.05, 3.63) is 47.3 Å². The standard InChI is InChI=1S/C16H21N3O2/c1-11-8-13(12(2)19(11)3)10-17-14-6-5-7-15(9-14)18-16(20)21-4/h5-9,17H,10H2,1-4H3,(H,18,20). The number of hydrogen-bond donors (Lipinski definition) is 2. The van der Waals surface area contributed by atoms with Crippen molar-refractivity contribution in [2.24, 2.45) is 7.05 Å². The fourth-order valence-electron chi connectivity index (χ4n) is 2.19. The van der Waals surface area contributed by atoms with Crippen LogP contribution in [0.15, 0.2) is 30.3 Å². The van der Waals surface area contributed by atoms with E-state index >= 15 is 0 Å². The number of ether oxygens (including phenoxy) is 1. The Kier molecular flexibility index (Phi) is 4.52. The number of benzene rings is 1. The summed E-state index contributed by atoms with van der Waals surface area (Å²) in [5, 5.41) is 6.02. The van der Waals surface area contributed by atoms with Crippen LogP contribution < -0.4 is 10.6 Å². The first kappa shape index (κ1) is 15.0. The first-order valence-corrected chi connectivity index (χ1v) is 6.82. The van der Waals surface area contributed by atoms with Crippen LogP contribution in [0.4, 0.5) is 16.2 Å². The first-order valence-electron chi connectivity index (χ1n) is 6.82. The highest BCUT2D eigenvalue weighted by Crippen LogP contribution is 2.18. The summed E-state index contributed by atoms with van der Waals surface area (Å²) in [6.07, 6.45) is -0.471. The summed E-state index contributed by atoms with van der Waals surface area (Å²) in [5.74, 6) is 0. The number of hydrogen-bond acceptors (Lipinski definition) is 3. The molecule has 112 valence electrons. The van der Waals surface area contributed by atoms with Crippen molar-refractivity contribution in [3.63, 3.8) is 0 Å². The van der Waals surface area contributed by atoms with Crippen molar-refractivity contribution in [2.45, 2.75) is 20.4 Å². The summed E-state index contributed by atoms with van der Waals surface area (Å²) in [6.45, 7) is 4.95. The molecule has 1 heterocycles. The largest absolute Gasteiger partial charge is 0.453 e. The van der Waals surface area contributed by atoms with Crippen LogP contribution in [-0.4, -0.2) is 17.8 Å². The number of anilines is 2. The number of methoxy groups -OCH3 is 1. The van der Waals surface area contributed by atoms with Crippen LogP contribution in [0.5, 0.6) is 0 Å². The fraction of sp³-hybridized carbons (Fsp3) is 0.312. The van der Waals surface area contributed by atoms with Gasteiger partial charge in [0.25, 0.3) is 0 Å². The first-order chi connectivity index (χ1) is 10.0. The van der Waals surface area contributed by atoms with Gasteiger partial charge in [0, 0.05) is 36.4 Å². The van der Waals surface area contributed by atoms with Gasteiger partial charge >= 0.3 is 6.09 Å². The zero-order chi connectivity index (χ0) is 15.4. The van der Waals surface area contributed by atoms with E-state index in [9.17, 15) is 4.79 Å². The smallest absolute Gasteiger partial charge is 0.411 e. The van der Waals surface area contributed by atoms with Crippen molar-refractivity contribution in [3.8, 4) is 0 Å². The quantitative estimate of drug-likeness (QED) is 0.905. The van der Waals surface area contributed by atoms with Crippen LogP contribution in [-0.2, 0) is 18.3 Å². The molecule has 2 N–H and O–H groups in total. The highest BCUT2D eigenvalue weighted by atomic mass is 16.5. The zero-order valence-electron chi connectivity index (χ0n) is 12.9. The Morgan fingerprint density at radius 1 is 1.24 bits per heavy atom. The molecule has 5 nitrogen and oxygen atoms in total. The Morgan fingerprint density at radius 3 is 2.57 bits per heavy atom. The minimum absolute atomic E-state index is 0.471. The lowest BCUT2D eigenvalue weighted by atomic mass is 10.2. The molecule has 5 heteroatoms. The number of nitrogens with zero attached hydrogens (tertiary/aromatic N) is 1. The van der Waals surface area contributed by atoms with E-state index in [-0.39, 0.29) is 0 Å². The molecule has 1 aromatic carbocycles. The average molecular weight is 287 g/mol. The second-order valence-electron chi connectivity index (χ2n) is 5.01. The van der Waals surface area contributed by atoms with Gasteiger partial charge in [-0.05, 0) is 43.7 Å². The molecule has 0 bridgehead atoms. The van der Waals surface area contributed by atoms with Gasteiger partial charge < -0.3 is 14.6 Å². The van der Waals surface area contributed by atoms with E-state index in [1.165, 1.54) is 24.1 Å². The molecule has 1 aromatic heterocycles. The van der Waals surface area contributed by atoms with E-state index in [4.69, 9.17) is 0 Å². The molecule has 0 saturated heterocycles. The molecule has 2 aromatic rings. The van der Waals surface area contributed by atoms with Crippen molar-refractivity contribution in [2.75, 3.05) is 17.7 Å². The lowest BCUT2D eigenvalue weighted by molar-refractivity contribution is 0.187. The van der Waals surface area contributed by atoms with Gasteiger partial charge in [-0.2, -0.15) is 0 Å². The minimum atomic E-state index is -0.471. The maximum absolute atomic E-state index is 11.2. The number of aromatic nitrogens is 1. The summed E-state index contributed by atoms with van der Waals surface area (Å²) in [4.78, 5) is 11.2. The Morgan fingerprint density at radius 2 is 1.95 bits per heavy atom. The van der Waals surface area contributed by atoms with Crippen LogP contribution in [0.1, 0.15) is 17.0 Å². The molecular formula is C16H21N3O2. The van der Waals surface area contributed by atoms with Gasteiger partial charge in [-0.15, -0.1) is 0 Å². The predicted octanol–water partition coefficient (Wildman–Crippen LogP) is 3.43. The maximum Gasteiger partial charge on any atom is 0.411 e. The van der Waals surface area contributed by atoms with Gasteiger partial charge in [0.15, 0.2) is 0 Å². The van der Waals surface area contributed by atoms with E-state index in [0.29, 0.717) is 5.69 Å². The lowest BCUT2D eigenvalue weighted by Crippen LogP contribution is -2.11. The third-order valence-electron chi connectivity index (χ3n) is 3.66. The number of carbonyl (C=O) groups excluding carboxylic acids is 1. The van der Waals surface area contributed by atoms with Gasteiger partial charge in [-0.25, -0.2) is 4.79 Å². The number of nitrogens with one attached hydrogen (secondary N) is 2. The van der Waals surface area contributed by atoms with Crippen molar-refractivity contribution in [1.29, 1.82) is 0 Å². The van der Waals surface area contributed by atoms with E-state index in [2.05, 4.69) is 46.9 Å². The number of carbonyl (C=O) groups is 1. The summed E-state index contributed by atoms with van der Waals surface area (Å²) >= 11 is 0. The van der Waals surface area contributed by atoms with E-state index < -0.39 is 6.09 Å². The van der Waals surface area contributed by atoms with E-state index in [1.807, 2.05) is 24.3 Å². The highest BCUT2D eigenvalue weighted by molar-refractivity contribution is 5.85. The lowest BCUT2D eigenvalue weighted by Gasteiger charge is -2.09. The summed E-state index contributed by atoms with van der Waals surface area (Å²) in [7, 11) is 3.41. The molecule has 0 aliphatic heterocycles. The molecular weight excluding hydrogens is 266 g/mol. The van der Waals surface area contributed by atoms with Gasteiger partial charge in [-0.1, -0.05) is 6.07 Å². The molecule has 0 fully saturated rings. The number of amides is 1. The van der Waals surface area contributed by atoms with Crippen LogP contribution >= 0.6 is 0 Å². The third kappa shape index (κ3) is 3.56. The molecule has 0 spiro atoms. The normalized spacial score (nSPS) is 10.3. The van der Waals surface area contributed by atoms with Gasteiger partial charge in [0.05, 0.1) is 7.11 Å². The predicted molar refractivity (Wildman–Crippen MR) is 84.7 cm³/mol. The second kappa shape index (κ2) is 6.35. The molecule has 0 saturated carbocycles. The average Bonchev–Trinajstić information content (AvgIpc) is 2.72. The van der Waals surface area contributed by atoms with Crippen LogP contribution in [0.3, 0.4) is 0 Å². The van der Waals surface area contributed by atoms with Crippen molar-refractivity contribution < 1.29 is 9.53 Å². The number of aryl methyl sites for hydroxylation is 1. The Labute approximate surface area is 124 Å². The van der Waals surface area contributed by atoms with Gasteiger partial charge in [-0.3, -0.25) is 5.32 Å². The van der Waals surface area contributed by atoms with Crippen LogP contribution in [0, 0.1) is 13.8 Å². The van der Waals surface area contributed by atoms with Gasteiger partial charge in [0.1, 0.15) is 0 Å². The SMILES string of the molecule is COC(=O)Nc1cccc(NCc2cc(C)n(C)c2C)c1. The zero-order valence-corrected chi connectivity index (χ0v) is 12.9. The minimum Gasteiger partial charge on any atom is -0.453 e. The van der Waals surface area contributed by atoms with Crippen molar-refractivity contribution in [1.82, 2.24) is 4.57 Å². The third-order valence-corrected chi connectivity index (χ3v) is 3.66. The second-order valence-corrected chi connectivity index (χ2v) is 5.01. The molecule has 0 unspecified atom stereocenters. The Balaban J connectivity index is 2.04. The Bertz CT molecular complexity index is 647. The summed E-state index contributed by atoms with van der Waals surface area (Å²) in [6, 6.07) is 9.73. The number of rotatable bonds is 4. The molecule has 0 aliphatic carbocycles. The molecule has 0 atom stereocenters. The summed E-state index contributed by atoms with van der Waals surface area (Å²) in [5.41, 5.74) is 5.41. The maximum atomic E-state index is 11.2. The molecule has 0 aliphatic rings. The molecule has 21 heavy (non-hydrogen) atoms. The topological polar surface area (TPSA) is 55.3 Å². The van der Waals surface area contributed by atoms with Crippen LogP contribution in [0.2, 0.25) is 0 Å².